The van der Waals surface area contributed by atoms with Crippen LogP contribution < -0.4 is 0 Å². The van der Waals surface area contributed by atoms with Crippen LogP contribution in [0.4, 0.5) is 5.69 Å². The average Bonchev–Trinajstić information content (AvgIpc) is 3.43. The summed E-state index contributed by atoms with van der Waals surface area (Å²) in [6.45, 7) is 3.98. The summed E-state index contributed by atoms with van der Waals surface area (Å²) in [5.41, 5.74) is -4.96. The zero-order valence-electron chi connectivity index (χ0n) is 28.7. The first-order chi connectivity index (χ1) is 24.4. The maximum Gasteiger partial charge on any atom is 0.340 e. The number of benzene rings is 2. The van der Waals surface area contributed by atoms with Gasteiger partial charge in [-0.2, -0.15) is 0 Å². The molecule has 2 fully saturated rings. The van der Waals surface area contributed by atoms with Crippen molar-refractivity contribution in [3.8, 4) is 0 Å². The van der Waals surface area contributed by atoms with Crippen LogP contribution in [0.5, 0.6) is 0 Å². The number of carbonyl (C=O) groups is 6. The Morgan fingerprint density at radius 2 is 1.31 bits per heavy atom. The number of hydrogen-bond acceptors (Lipinski definition) is 17. The second-order valence-corrected chi connectivity index (χ2v) is 12.0. The summed E-state index contributed by atoms with van der Waals surface area (Å²) in [7, 11) is 1.33. The molecule has 19 nitrogen and oxygen atoms in total. The predicted octanol–water partition coefficient (Wildman–Crippen LogP) is 1.70. The van der Waals surface area contributed by atoms with E-state index in [1.165, 1.54) is 48.3 Å². The Balaban J connectivity index is 2.12. The Morgan fingerprint density at radius 1 is 0.769 bits per heavy atom. The van der Waals surface area contributed by atoms with Gasteiger partial charge in [-0.05, 0) is 24.7 Å². The van der Waals surface area contributed by atoms with Gasteiger partial charge in [0, 0.05) is 57.2 Å². The van der Waals surface area contributed by atoms with Crippen LogP contribution in [0, 0.1) is 26.1 Å². The van der Waals surface area contributed by atoms with Crippen molar-refractivity contribution in [3.63, 3.8) is 0 Å². The van der Waals surface area contributed by atoms with E-state index in [4.69, 9.17) is 28.4 Å². The van der Waals surface area contributed by atoms with Crippen LogP contribution >= 0.6 is 0 Å². The minimum absolute atomic E-state index is 0.0553. The molecule has 0 aromatic heterocycles. The van der Waals surface area contributed by atoms with Crippen LogP contribution in [0.15, 0.2) is 54.6 Å². The van der Waals surface area contributed by atoms with E-state index in [9.17, 15) is 49.0 Å². The molecule has 52 heavy (non-hydrogen) atoms. The molecule has 3 unspecified atom stereocenters. The van der Waals surface area contributed by atoms with E-state index in [1.807, 2.05) is 0 Å². The van der Waals surface area contributed by atoms with Crippen LogP contribution in [-0.4, -0.2) is 94.7 Å². The van der Waals surface area contributed by atoms with Gasteiger partial charge in [0.15, 0.2) is 24.4 Å². The van der Waals surface area contributed by atoms with E-state index in [2.05, 4.69) is 0 Å². The van der Waals surface area contributed by atoms with Gasteiger partial charge in [-0.3, -0.25) is 44.2 Å². The highest BCUT2D eigenvalue weighted by molar-refractivity contribution is 5.88. The van der Waals surface area contributed by atoms with Crippen LogP contribution in [0.25, 0.3) is 0 Å². The molecule has 0 aliphatic carbocycles. The van der Waals surface area contributed by atoms with Crippen molar-refractivity contribution in [1.82, 2.24) is 4.90 Å². The van der Waals surface area contributed by atoms with Gasteiger partial charge in [0.05, 0.1) is 4.92 Å². The van der Waals surface area contributed by atoms with Gasteiger partial charge in [-0.15, -0.1) is 0 Å². The van der Waals surface area contributed by atoms with E-state index >= 15 is 0 Å². The number of likely N-dealkylation sites (N-methyl/N-ethyl adjacent to an activating group) is 1. The number of hydrogen-bond donors (Lipinski definition) is 0. The quantitative estimate of drug-likeness (QED) is 0.116. The van der Waals surface area contributed by atoms with Crippen molar-refractivity contribution in [3.05, 3.63) is 86.0 Å². The van der Waals surface area contributed by atoms with Gasteiger partial charge < -0.3 is 28.4 Å². The summed E-state index contributed by atoms with van der Waals surface area (Å²) in [6, 6.07) is 9.89. The molecule has 2 saturated heterocycles. The minimum atomic E-state index is -2.31. The molecule has 0 saturated carbocycles. The number of non-ortho nitro benzene ring substituents is 1. The molecule has 0 radical (unpaired) electrons. The van der Waals surface area contributed by atoms with Gasteiger partial charge in [-0.1, -0.05) is 30.3 Å². The minimum Gasteiger partial charge on any atom is -0.462 e. The molecule has 2 aromatic rings. The van der Waals surface area contributed by atoms with Crippen molar-refractivity contribution in [2.24, 2.45) is 5.92 Å². The molecule has 19 heteroatoms. The average molecular weight is 730 g/mol. The SMILES string of the molecule is CC(=O)OC[C@@H](OC(C)=O)[C@@H](OC(C)=O)[C@H](OC(C)=O)C(OC(C)=O)C1C([N+](=O)[O-])[C@@]2(c3ccccc3)C(=O)O[C@]1(c1ccc([N+](=O)[O-])cc1)N2C. The Morgan fingerprint density at radius 3 is 1.79 bits per heavy atom. The summed E-state index contributed by atoms with van der Waals surface area (Å²) in [5.74, 6) is -8.09. The lowest BCUT2D eigenvalue weighted by Crippen LogP contribution is -2.63. The van der Waals surface area contributed by atoms with Crippen LogP contribution in [0.1, 0.15) is 45.7 Å². The Kier molecular flexibility index (Phi) is 11.3. The van der Waals surface area contributed by atoms with E-state index in [1.54, 1.807) is 6.07 Å². The maximum absolute atomic E-state index is 14.2. The number of esters is 6. The van der Waals surface area contributed by atoms with E-state index in [-0.39, 0.29) is 16.8 Å². The predicted molar refractivity (Wildman–Crippen MR) is 170 cm³/mol. The van der Waals surface area contributed by atoms with Crippen LogP contribution in [0.3, 0.4) is 0 Å². The molecular weight excluding hydrogens is 694 g/mol. The van der Waals surface area contributed by atoms with Gasteiger partial charge in [0.25, 0.3) is 11.7 Å². The summed E-state index contributed by atoms with van der Waals surface area (Å²) < 4.78 is 33.4. The lowest BCUT2D eigenvalue weighted by Gasteiger charge is -2.43. The number of carbonyl (C=O) groups excluding carboxylic acids is 6. The normalized spacial score (nSPS) is 24.3. The first-order valence-electron chi connectivity index (χ1n) is 15.6. The summed E-state index contributed by atoms with van der Waals surface area (Å²) >= 11 is 0. The molecule has 2 heterocycles. The van der Waals surface area contributed by atoms with Gasteiger partial charge in [0.2, 0.25) is 11.3 Å². The highest BCUT2D eigenvalue weighted by atomic mass is 16.7. The van der Waals surface area contributed by atoms with Crippen LogP contribution in [-0.2, 0) is 68.5 Å². The standard InChI is InChI=1S/C33H35N3O16/c1-17(37)47-16-25(48-18(2)38)27(49-19(3)39)29(51-21(5)41)28(50-20(4)40)26-30(36(45)46)32(22-10-8-7-9-11-22)31(42)52-33(26,34(32)6)23-12-14-24(15-13-23)35(43)44/h7-15,25-30H,16H2,1-6H3/t25-,26?,27-,28?,29+,30?,32+,33+/m1/s1. The third-order valence-corrected chi connectivity index (χ3v) is 8.78. The lowest BCUT2D eigenvalue weighted by molar-refractivity contribution is -0.546. The smallest absolute Gasteiger partial charge is 0.340 e. The fourth-order valence-corrected chi connectivity index (χ4v) is 7.10. The fourth-order valence-electron chi connectivity index (χ4n) is 7.10. The van der Waals surface area contributed by atoms with Gasteiger partial charge >= 0.3 is 35.8 Å². The van der Waals surface area contributed by atoms with Gasteiger partial charge in [0.1, 0.15) is 12.5 Å². The van der Waals surface area contributed by atoms with Crippen molar-refractivity contribution in [2.45, 2.75) is 76.3 Å². The number of rotatable bonds is 14. The molecule has 2 aliphatic rings. The molecule has 0 spiro atoms. The number of nitro groups is 2. The first kappa shape index (κ1) is 38.8. The van der Waals surface area contributed by atoms with Crippen molar-refractivity contribution in [1.29, 1.82) is 0 Å². The second kappa shape index (κ2) is 15.1. The molecular formula is C33H35N3O16. The largest absolute Gasteiger partial charge is 0.462 e. The summed E-state index contributed by atoms with van der Waals surface area (Å²) in [6.07, 6.45) is -7.93. The monoisotopic (exact) mass is 729 g/mol. The van der Waals surface area contributed by atoms with Crippen LogP contribution in [0.2, 0.25) is 0 Å². The molecule has 0 N–H and O–H groups in total. The van der Waals surface area contributed by atoms with E-state index < -0.39 is 99.9 Å². The lowest BCUT2D eigenvalue weighted by atomic mass is 9.72. The van der Waals surface area contributed by atoms with E-state index in [0.29, 0.717) is 0 Å². The fraction of sp³-hybridized carbons (Fsp3) is 0.455. The number of nitrogens with zero attached hydrogens (tertiary/aromatic N) is 3. The number of ether oxygens (including phenoxy) is 6. The zero-order chi connectivity index (χ0) is 38.7. The van der Waals surface area contributed by atoms with Gasteiger partial charge in [-0.25, -0.2) is 9.69 Å². The Hall–Kier alpha value is -5.98. The zero-order valence-corrected chi connectivity index (χ0v) is 28.7. The Bertz CT molecular complexity index is 1770. The molecule has 8 atom stereocenters. The van der Waals surface area contributed by atoms with Crippen molar-refractivity contribution >= 4 is 41.5 Å². The maximum atomic E-state index is 14.2. The van der Waals surface area contributed by atoms with Crippen molar-refractivity contribution < 1.29 is 67.0 Å². The first-order valence-corrected chi connectivity index (χ1v) is 15.6. The molecule has 278 valence electrons. The highest BCUT2D eigenvalue weighted by Crippen LogP contribution is 2.64. The molecule has 2 aliphatic heterocycles. The molecule has 2 aromatic carbocycles. The topological polar surface area (TPSA) is 247 Å². The molecule has 0 amide bonds. The third kappa shape index (κ3) is 6.98. The Labute approximate surface area is 295 Å². The summed E-state index contributed by atoms with van der Waals surface area (Å²) in [5, 5.41) is 25.0. The summed E-state index contributed by atoms with van der Waals surface area (Å²) in [4.78, 5) is 101. The number of nitro benzene ring substituents is 1. The molecule has 2 bridgehead atoms. The van der Waals surface area contributed by atoms with Crippen molar-refractivity contribution in [2.75, 3.05) is 13.7 Å². The second-order valence-electron chi connectivity index (χ2n) is 12.0. The molecule has 4 rings (SSSR count). The van der Waals surface area contributed by atoms with E-state index in [0.717, 1.165) is 46.8 Å². The third-order valence-electron chi connectivity index (χ3n) is 8.78. The highest BCUT2D eigenvalue weighted by Gasteiger charge is 2.85. The number of fused-ring (bicyclic) bond motifs is 2.